The molecule has 2 aromatic carbocycles. The number of nitrogen functional groups attached to an aromatic ring is 1. The molecular weight excluding hydrogens is 242 g/mol. The van der Waals surface area contributed by atoms with Crippen molar-refractivity contribution >= 4 is 11.8 Å². The van der Waals surface area contributed by atoms with E-state index in [4.69, 9.17) is 19.9 Å². The lowest BCUT2D eigenvalue weighted by atomic mass is 10.2. The number of hydrogen-bond donors (Lipinski definition) is 1. The van der Waals surface area contributed by atoms with Gasteiger partial charge in [-0.15, -0.1) is 0 Å². The summed E-state index contributed by atoms with van der Waals surface area (Å²) in [4.78, 5) is 0. The molecule has 0 fully saturated rings. The van der Waals surface area contributed by atoms with Gasteiger partial charge in [-0.2, -0.15) is 0 Å². The first-order valence-electron chi connectivity index (χ1n) is 5.90. The smallest absolute Gasteiger partial charge is 0.231 e. The van der Waals surface area contributed by atoms with Crippen LogP contribution in [0, 0.1) is 0 Å². The van der Waals surface area contributed by atoms with Gasteiger partial charge in [-0.25, -0.2) is 0 Å². The highest BCUT2D eigenvalue weighted by atomic mass is 16.7. The molecule has 1 aliphatic rings. The van der Waals surface area contributed by atoms with Crippen LogP contribution < -0.4 is 19.9 Å². The summed E-state index contributed by atoms with van der Waals surface area (Å²) >= 11 is 0. The molecule has 0 spiro atoms. The first kappa shape index (κ1) is 11.5. The predicted octanol–water partition coefficient (Wildman–Crippen LogP) is 3.05. The molecule has 0 atom stereocenters. The Morgan fingerprint density at radius 2 is 1.79 bits per heavy atom. The molecular formula is C15H13NO3. The van der Waals surface area contributed by atoms with Gasteiger partial charge in [0.05, 0.1) is 6.26 Å². The highest BCUT2D eigenvalue weighted by Crippen LogP contribution is 2.32. The first-order chi connectivity index (χ1) is 9.31. The van der Waals surface area contributed by atoms with Crippen molar-refractivity contribution in [2.24, 2.45) is 0 Å². The zero-order valence-electron chi connectivity index (χ0n) is 10.2. The fourth-order valence-electron chi connectivity index (χ4n) is 1.75. The van der Waals surface area contributed by atoms with Crippen LogP contribution in [0.2, 0.25) is 0 Å². The van der Waals surface area contributed by atoms with Crippen molar-refractivity contribution in [3.63, 3.8) is 0 Å². The van der Waals surface area contributed by atoms with Crippen LogP contribution in [0.1, 0.15) is 5.56 Å². The third-order valence-corrected chi connectivity index (χ3v) is 2.74. The zero-order chi connectivity index (χ0) is 13.1. The van der Waals surface area contributed by atoms with Gasteiger partial charge < -0.3 is 19.9 Å². The molecule has 4 heteroatoms. The van der Waals surface area contributed by atoms with Gasteiger partial charge >= 0.3 is 0 Å². The van der Waals surface area contributed by atoms with Crippen LogP contribution in [0.5, 0.6) is 17.2 Å². The van der Waals surface area contributed by atoms with Crippen LogP contribution in [0.25, 0.3) is 6.08 Å². The Hall–Kier alpha value is -2.62. The number of anilines is 1. The van der Waals surface area contributed by atoms with E-state index in [9.17, 15) is 0 Å². The Labute approximate surface area is 111 Å². The van der Waals surface area contributed by atoms with Crippen molar-refractivity contribution in [2.75, 3.05) is 12.5 Å². The van der Waals surface area contributed by atoms with Gasteiger partial charge in [0.2, 0.25) is 6.79 Å². The molecule has 0 saturated carbocycles. The summed E-state index contributed by atoms with van der Waals surface area (Å²) in [5.74, 6) is 2.28. The lowest BCUT2D eigenvalue weighted by Gasteiger charge is -2.01. The van der Waals surface area contributed by atoms with Crippen LogP contribution in [0.15, 0.2) is 48.7 Å². The molecule has 0 radical (unpaired) electrons. The average molecular weight is 255 g/mol. The molecule has 3 rings (SSSR count). The normalized spacial score (nSPS) is 12.8. The summed E-state index contributed by atoms with van der Waals surface area (Å²) in [5.41, 5.74) is 7.30. The lowest BCUT2D eigenvalue weighted by molar-refractivity contribution is 0.174. The van der Waals surface area contributed by atoms with Gasteiger partial charge in [0.15, 0.2) is 11.5 Å². The topological polar surface area (TPSA) is 53.7 Å². The van der Waals surface area contributed by atoms with Gasteiger partial charge in [-0.3, -0.25) is 0 Å². The van der Waals surface area contributed by atoms with Crippen molar-refractivity contribution < 1.29 is 14.2 Å². The summed E-state index contributed by atoms with van der Waals surface area (Å²) < 4.78 is 16.0. The van der Waals surface area contributed by atoms with Crippen molar-refractivity contribution in [1.29, 1.82) is 0 Å². The third kappa shape index (κ3) is 2.63. The molecule has 0 amide bonds. The van der Waals surface area contributed by atoms with Crippen molar-refractivity contribution in [3.8, 4) is 17.2 Å². The maximum absolute atomic E-state index is 5.60. The highest BCUT2D eigenvalue weighted by molar-refractivity contribution is 5.56. The molecule has 19 heavy (non-hydrogen) atoms. The van der Waals surface area contributed by atoms with Crippen LogP contribution >= 0.6 is 0 Å². The van der Waals surface area contributed by atoms with Crippen molar-refractivity contribution in [2.45, 2.75) is 0 Å². The highest BCUT2D eigenvalue weighted by Gasteiger charge is 2.12. The summed E-state index contributed by atoms with van der Waals surface area (Å²) in [6.07, 6.45) is 3.49. The van der Waals surface area contributed by atoms with E-state index >= 15 is 0 Å². The summed E-state index contributed by atoms with van der Waals surface area (Å²) in [6, 6.07) is 13.0. The number of benzene rings is 2. The fourth-order valence-corrected chi connectivity index (χ4v) is 1.75. The Morgan fingerprint density at radius 1 is 1.00 bits per heavy atom. The second kappa shape index (κ2) is 4.94. The number of hydrogen-bond acceptors (Lipinski definition) is 4. The second-order valence-corrected chi connectivity index (χ2v) is 4.10. The second-order valence-electron chi connectivity index (χ2n) is 4.10. The standard InChI is InChI=1S/C15H13NO3/c16-12-2-4-13(5-3-12)17-8-7-11-1-6-14-15(9-11)19-10-18-14/h1-9H,10,16H2. The van der Waals surface area contributed by atoms with E-state index in [1.54, 1.807) is 18.4 Å². The number of rotatable bonds is 3. The molecule has 0 saturated heterocycles. The van der Waals surface area contributed by atoms with E-state index in [1.165, 1.54) is 0 Å². The fraction of sp³-hybridized carbons (Fsp3) is 0.0667. The quantitative estimate of drug-likeness (QED) is 0.676. The largest absolute Gasteiger partial charge is 0.465 e. The van der Waals surface area contributed by atoms with Crippen molar-refractivity contribution in [1.82, 2.24) is 0 Å². The third-order valence-electron chi connectivity index (χ3n) is 2.74. The summed E-state index contributed by atoms with van der Waals surface area (Å²) in [5, 5.41) is 0. The monoisotopic (exact) mass is 255 g/mol. The molecule has 0 aromatic heterocycles. The van der Waals surface area contributed by atoms with E-state index in [1.807, 2.05) is 36.4 Å². The molecule has 4 nitrogen and oxygen atoms in total. The molecule has 0 unspecified atom stereocenters. The average Bonchev–Trinajstić information content (AvgIpc) is 2.88. The van der Waals surface area contributed by atoms with E-state index in [0.29, 0.717) is 5.69 Å². The summed E-state index contributed by atoms with van der Waals surface area (Å²) in [7, 11) is 0. The Morgan fingerprint density at radius 3 is 2.63 bits per heavy atom. The SMILES string of the molecule is Nc1ccc(OC=Cc2ccc3c(c2)OCO3)cc1. The molecule has 2 N–H and O–H groups in total. The zero-order valence-corrected chi connectivity index (χ0v) is 10.2. The van der Waals surface area contributed by atoms with E-state index < -0.39 is 0 Å². The number of nitrogens with two attached hydrogens (primary N) is 1. The van der Waals surface area contributed by atoms with Gasteiger partial charge in [0.25, 0.3) is 0 Å². The molecule has 1 heterocycles. The Kier molecular flexibility index (Phi) is 2.98. The van der Waals surface area contributed by atoms with Crippen LogP contribution in [-0.2, 0) is 0 Å². The van der Waals surface area contributed by atoms with Gasteiger partial charge in [0.1, 0.15) is 5.75 Å². The minimum absolute atomic E-state index is 0.282. The molecule has 96 valence electrons. The van der Waals surface area contributed by atoms with E-state index in [-0.39, 0.29) is 6.79 Å². The van der Waals surface area contributed by atoms with Gasteiger partial charge in [-0.1, -0.05) is 6.07 Å². The van der Waals surface area contributed by atoms with Crippen molar-refractivity contribution in [3.05, 3.63) is 54.3 Å². The maximum atomic E-state index is 5.60. The molecule has 0 bridgehead atoms. The maximum Gasteiger partial charge on any atom is 0.231 e. The molecule has 2 aromatic rings. The summed E-state index contributed by atoms with van der Waals surface area (Å²) in [6.45, 7) is 0.282. The Bertz CT molecular complexity index is 605. The minimum atomic E-state index is 0.282. The van der Waals surface area contributed by atoms with Crippen LogP contribution in [-0.4, -0.2) is 6.79 Å². The van der Waals surface area contributed by atoms with E-state index in [2.05, 4.69) is 0 Å². The minimum Gasteiger partial charge on any atom is -0.465 e. The van der Waals surface area contributed by atoms with Gasteiger partial charge in [0, 0.05) is 5.69 Å². The predicted molar refractivity (Wildman–Crippen MR) is 73.1 cm³/mol. The van der Waals surface area contributed by atoms with E-state index in [0.717, 1.165) is 22.8 Å². The lowest BCUT2D eigenvalue weighted by Crippen LogP contribution is -1.92. The van der Waals surface area contributed by atoms with Crippen LogP contribution in [0.3, 0.4) is 0 Å². The van der Waals surface area contributed by atoms with Crippen LogP contribution in [0.4, 0.5) is 5.69 Å². The number of ether oxygens (including phenoxy) is 3. The number of fused-ring (bicyclic) bond motifs is 1. The molecule has 0 aliphatic carbocycles. The first-order valence-corrected chi connectivity index (χ1v) is 5.90. The molecule has 1 aliphatic heterocycles. The Balaban J connectivity index is 1.67. The van der Waals surface area contributed by atoms with Gasteiger partial charge in [-0.05, 0) is 48.0 Å².